The van der Waals surface area contributed by atoms with Crippen molar-refractivity contribution in [2.24, 2.45) is 17.8 Å². The summed E-state index contributed by atoms with van der Waals surface area (Å²) in [6, 6.07) is 0. The van der Waals surface area contributed by atoms with Crippen LogP contribution >= 0.6 is 0 Å². The second-order valence-corrected chi connectivity index (χ2v) is 6.91. The van der Waals surface area contributed by atoms with Crippen LogP contribution in [0.1, 0.15) is 52.4 Å². The van der Waals surface area contributed by atoms with Crippen LogP contribution in [0.3, 0.4) is 0 Å². The maximum Gasteiger partial charge on any atom is 0.309 e. The highest BCUT2D eigenvalue weighted by Gasteiger charge is 2.47. The molecule has 3 aliphatic rings. The molecule has 0 radical (unpaired) electrons. The average Bonchev–Trinajstić information content (AvgIpc) is 2.99. The second kappa shape index (κ2) is 5.64. The first-order valence-electron chi connectivity index (χ1n) is 8.05. The van der Waals surface area contributed by atoms with Crippen LogP contribution in [0.5, 0.6) is 0 Å². The molecule has 0 spiro atoms. The second-order valence-electron chi connectivity index (χ2n) is 6.91. The molecule has 2 saturated heterocycles. The topological polar surface area (TPSA) is 44.8 Å². The Bertz CT molecular complexity index is 359. The molecule has 20 heavy (non-hydrogen) atoms. The van der Waals surface area contributed by atoms with Gasteiger partial charge in [0.15, 0.2) is 5.79 Å². The van der Waals surface area contributed by atoms with E-state index in [4.69, 9.17) is 14.2 Å². The summed E-state index contributed by atoms with van der Waals surface area (Å²) in [6.07, 6.45) is 7.21. The molecule has 0 aromatic carbocycles. The SMILES string of the molecule is CC1(C)OC[C@H]([C@H](C2CCCCC2)[C@@H]2CCOC2=O)O1. The van der Waals surface area contributed by atoms with Gasteiger partial charge in [-0.05, 0) is 26.2 Å². The monoisotopic (exact) mass is 282 g/mol. The molecule has 2 heterocycles. The molecule has 3 rings (SSSR count). The van der Waals surface area contributed by atoms with Crippen molar-refractivity contribution < 1.29 is 19.0 Å². The van der Waals surface area contributed by atoms with Crippen molar-refractivity contribution in [3.8, 4) is 0 Å². The molecule has 0 amide bonds. The molecule has 114 valence electrons. The van der Waals surface area contributed by atoms with Crippen LogP contribution in [0.15, 0.2) is 0 Å². The molecule has 3 atom stereocenters. The molecule has 0 unspecified atom stereocenters. The summed E-state index contributed by atoms with van der Waals surface area (Å²) in [5.41, 5.74) is 0. The van der Waals surface area contributed by atoms with Gasteiger partial charge in [-0.25, -0.2) is 0 Å². The quantitative estimate of drug-likeness (QED) is 0.747. The van der Waals surface area contributed by atoms with Gasteiger partial charge in [0.1, 0.15) is 0 Å². The van der Waals surface area contributed by atoms with E-state index in [1.165, 1.54) is 32.1 Å². The molecule has 1 aliphatic carbocycles. The van der Waals surface area contributed by atoms with Crippen molar-refractivity contribution in [2.75, 3.05) is 13.2 Å². The van der Waals surface area contributed by atoms with Gasteiger partial charge >= 0.3 is 5.97 Å². The van der Waals surface area contributed by atoms with Crippen molar-refractivity contribution in [1.82, 2.24) is 0 Å². The molecule has 1 saturated carbocycles. The number of esters is 1. The first-order valence-corrected chi connectivity index (χ1v) is 8.05. The van der Waals surface area contributed by atoms with Crippen molar-refractivity contribution in [3.63, 3.8) is 0 Å². The van der Waals surface area contributed by atoms with Gasteiger partial charge in [-0.15, -0.1) is 0 Å². The fourth-order valence-electron chi connectivity index (χ4n) is 4.18. The minimum Gasteiger partial charge on any atom is -0.465 e. The van der Waals surface area contributed by atoms with Crippen LogP contribution in [-0.4, -0.2) is 31.1 Å². The number of rotatable bonds is 3. The third-order valence-corrected chi connectivity index (χ3v) is 5.09. The lowest BCUT2D eigenvalue weighted by atomic mass is 9.71. The third kappa shape index (κ3) is 2.86. The van der Waals surface area contributed by atoms with Gasteiger partial charge in [-0.2, -0.15) is 0 Å². The van der Waals surface area contributed by atoms with Crippen molar-refractivity contribution in [2.45, 2.75) is 64.3 Å². The van der Waals surface area contributed by atoms with Crippen molar-refractivity contribution >= 4 is 5.97 Å². The molecular weight excluding hydrogens is 256 g/mol. The molecule has 0 aromatic heterocycles. The summed E-state index contributed by atoms with van der Waals surface area (Å²) in [5.74, 6) is 0.337. The highest BCUT2D eigenvalue weighted by atomic mass is 16.7. The van der Waals surface area contributed by atoms with E-state index >= 15 is 0 Å². The van der Waals surface area contributed by atoms with Crippen molar-refractivity contribution in [1.29, 1.82) is 0 Å². The van der Waals surface area contributed by atoms with E-state index in [9.17, 15) is 4.79 Å². The fraction of sp³-hybridized carbons (Fsp3) is 0.938. The highest BCUT2D eigenvalue weighted by molar-refractivity contribution is 5.74. The van der Waals surface area contributed by atoms with Gasteiger partial charge in [0, 0.05) is 5.92 Å². The maximum absolute atomic E-state index is 12.1. The molecule has 0 N–H and O–H groups in total. The number of ether oxygens (including phenoxy) is 3. The molecule has 3 fully saturated rings. The minimum atomic E-state index is -0.514. The molecule has 0 bridgehead atoms. The summed E-state index contributed by atoms with van der Waals surface area (Å²) in [6.45, 7) is 5.09. The van der Waals surface area contributed by atoms with Gasteiger partial charge in [0.25, 0.3) is 0 Å². The van der Waals surface area contributed by atoms with Crippen LogP contribution in [-0.2, 0) is 19.0 Å². The Labute approximate surface area is 121 Å². The zero-order valence-electron chi connectivity index (χ0n) is 12.6. The largest absolute Gasteiger partial charge is 0.465 e. The third-order valence-electron chi connectivity index (χ3n) is 5.09. The van der Waals surface area contributed by atoms with E-state index in [-0.39, 0.29) is 23.9 Å². The van der Waals surface area contributed by atoms with E-state index in [1.54, 1.807) is 0 Å². The Balaban J connectivity index is 1.77. The van der Waals surface area contributed by atoms with E-state index < -0.39 is 5.79 Å². The zero-order chi connectivity index (χ0) is 14.2. The Kier molecular flexibility index (Phi) is 4.04. The van der Waals surface area contributed by atoms with E-state index in [0.29, 0.717) is 19.1 Å². The van der Waals surface area contributed by atoms with Gasteiger partial charge < -0.3 is 14.2 Å². The first kappa shape index (κ1) is 14.3. The Morgan fingerprint density at radius 1 is 1.15 bits per heavy atom. The Hall–Kier alpha value is -0.610. The number of hydrogen-bond acceptors (Lipinski definition) is 4. The van der Waals surface area contributed by atoms with Gasteiger partial charge in [0.2, 0.25) is 0 Å². The lowest BCUT2D eigenvalue weighted by Gasteiger charge is -2.36. The van der Waals surface area contributed by atoms with E-state index in [2.05, 4.69) is 0 Å². The Morgan fingerprint density at radius 2 is 1.90 bits per heavy atom. The van der Waals surface area contributed by atoms with Gasteiger partial charge in [-0.1, -0.05) is 32.1 Å². The van der Waals surface area contributed by atoms with Crippen LogP contribution in [0.4, 0.5) is 0 Å². The van der Waals surface area contributed by atoms with Crippen LogP contribution in [0.25, 0.3) is 0 Å². The summed E-state index contributed by atoms with van der Waals surface area (Å²) in [4.78, 5) is 12.1. The first-order chi connectivity index (χ1) is 9.57. The van der Waals surface area contributed by atoms with E-state index in [1.807, 2.05) is 13.8 Å². The van der Waals surface area contributed by atoms with E-state index in [0.717, 1.165) is 6.42 Å². The Morgan fingerprint density at radius 3 is 2.45 bits per heavy atom. The smallest absolute Gasteiger partial charge is 0.309 e. The standard InChI is InChI=1S/C16H26O4/c1-16(2)19-10-13(20-16)14(11-6-4-3-5-7-11)12-8-9-18-15(12)17/h11-14H,3-10H2,1-2H3/t12-,13+,14+/m0/s1. The molecule has 0 aromatic rings. The predicted octanol–water partition coefficient (Wildman–Crippen LogP) is 2.90. The normalized spacial score (nSPS) is 36.0. The van der Waals surface area contributed by atoms with Crippen molar-refractivity contribution in [3.05, 3.63) is 0 Å². The van der Waals surface area contributed by atoms with Crippen LogP contribution in [0.2, 0.25) is 0 Å². The maximum atomic E-state index is 12.1. The predicted molar refractivity (Wildman–Crippen MR) is 74.0 cm³/mol. The minimum absolute atomic E-state index is 0.0144. The average molecular weight is 282 g/mol. The summed E-state index contributed by atoms with van der Waals surface area (Å²) in [5, 5.41) is 0. The number of hydrogen-bond donors (Lipinski definition) is 0. The summed E-state index contributed by atoms with van der Waals surface area (Å²) in [7, 11) is 0. The highest BCUT2D eigenvalue weighted by Crippen LogP contribution is 2.43. The summed E-state index contributed by atoms with van der Waals surface area (Å²) < 4.78 is 17.1. The lowest BCUT2D eigenvalue weighted by molar-refractivity contribution is -0.158. The molecule has 4 nitrogen and oxygen atoms in total. The summed E-state index contributed by atoms with van der Waals surface area (Å²) >= 11 is 0. The molecule has 4 heteroatoms. The van der Waals surface area contributed by atoms with Gasteiger partial charge in [-0.3, -0.25) is 4.79 Å². The number of carbonyl (C=O) groups is 1. The lowest BCUT2D eigenvalue weighted by Crippen LogP contribution is -2.39. The molecular formula is C16H26O4. The number of carbonyl (C=O) groups excluding carboxylic acids is 1. The zero-order valence-corrected chi connectivity index (χ0v) is 12.6. The number of cyclic esters (lactones) is 1. The van der Waals surface area contributed by atoms with Crippen LogP contribution in [0, 0.1) is 17.8 Å². The van der Waals surface area contributed by atoms with Crippen LogP contribution < -0.4 is 0 Å². The van der Waals surface area contributed by atoms with Gasteiger partial charge in [0.05, 0.1) is 25.2 Å². The fourth-order valence-corrected chi connectivity index (χ4v) is 4.18. The molecule has 2 aliphatic heterocycles.